The summed E-state index contributed by atoms with van der Waals surface area (Å²) in [6.45, 7) is 0.758. The molecule has 2 N–H and O–H groups in total. The van der Waals surface area contributed by atoms with Crippen molar-refractivity contribution in [2.75, 3.05) is 26.0 Å². The van der Waals surface area contributed by atoms with Gasteiger partial charge in [-0.15, -0.1) is 0 Å². The zero-order chi connectivity index (χ0) is 19.2. The number of benzene rings is 1. The van der Waals surface area contributed by atoms with E-state index in [1.165, 1.54) is 6.07 Å². The van der Waals surface area contributed by atoms with Crippen molar-refractivity contribution >= 4 is 11.8 Å². The van der Waals surface area contributed by atoms with Crippen LogP contribution in [0.15, 0.2) is 47.6 Å². The molecule has 0 aliphatic rings. The second-order valence-corrected chi connectivity index (χ2v) is 5.89. The summed E-state index contributed by atoms with van der Waals surface area (Å²) in [7, 11) is 5.43. The van der Waals surface area contributed by atoms with Crippen molar-refractivity contribution in [2.24, 2.45) is 4.99 Å². The summed E-state index contributed by atoms with van der Waals surface area (Å²) in [4.78, 5) is 10.3. The average molecular weight is 365 g/mol. The Bertz CT molecular complexity index is 756. The maximum absolute atomic E-state index is 12.8. The largest absolute Gasteiger partial charge is 0.416 e. The molecule has 0 unspecified atom stereocenters. The lowest BCUT2D eigenvalue weighted by atomic mass is 10.1. The van der Waals surface area contributed by atoms with Gasteiger partial charge in [-0.05, 0) is 35.4 Å². The summed E-state index contributed by atoms with van der Waals surface area (Å²) in [5.74, 6) is 1.35. The molecule has 0 radical (unpaired) electrons. The standard InChI is InChI=1S/C18H22F3N5/c1-22-17(25-12-14-7-8-23-16(10-14)26(2)3)24-11-13-5-4-6-15(9-13)18(19,20)21/h4-10H,11-12H2,1-3H3,(H2,22,24,25). The third-order valence-corrected chi connectivity index (χ3v) is 3.67. The number of guanidine groups is 1. The minimum absolute atomic E-state index is 0.239. The lowest BCUT2D eigenvalue weighted by molar-refractivity contribution is -0.137. The van der Waals surface area contributed by atoms with Crippen molar-refractivity contribution in [3.8, 4) is 0 Å². The Labute approximate surface area is 151 Å². The summed E-state index contributed by atoms with van der Waals surface area (Å²) in [6, 6.07) is 9.07. The van der Waals surface area contributed by atoms with Crippen LogP contribution in [-0.2, 0) is 19.3 Å². The molecule has 0 saturated heterocycles. The van der Waals surface area contributed by atoms with E-state index in [0.29, 0.717) is 18.1 Å². The fourth-order valence-corrected chi connectivity index (χ4v) is 2.26. The van der Waals surface area contributed by atoms with Crippen molar-refractivity contribution in [2.45, 2.75) is 19.3 Å². The SMILES string of the molecule is CN=C(NCc1cccc(C(F)(F)F)c1)NCc1ccnc(N(C)C)c1. The van der Waals surface area contributed by atoms with Crippen LogP contribution in [0.1, 0.15) is 16.7 Å². The second-order valence-electron chi connectivity index (χ2n) is 5.89. The number of aliphatic imine (C=N–C) groups is 1. The molecule has 2 rings (SSSR count). The number of anilines is 1. The van der Waals surface area contributed by atoms with E-state index in [4.69, 9.17) is 0 Å². The van der Waals surface area contributed by atoms with Crippen LogP contribution in [-0.4, -0.2) is 32.1 Å². The van der Waals surface area contributed by atoms with Crippen LogP contribution < -0.4 is 15.5 Å². The minimum Gasteiger partial charge on any atom is -0.363 e. The van der Waals surface area contributed by atoms with E-state index >= 15 is 0 Å². The molecule has 0 spiro atoms. The fraction of sp³-hybridized carbons (Fsp3) is 0.333. The minimum atomic E-state index is -4.35. The molecule has 0 amide bonds. The number of pyridine rings is 1. The highest BCUT2D eigenvalue weighted by Gasteiger charge is 2.30. The van der Waals surface area contributed by atoms with E-state index in [1.807, 2.05) is 31.1 Å². The molecule has 0 saturated carbocycles. The smallest absolute Gasteiger partial charge is 0.363 e. The maximum Gasteiger partial charge on any atom is 0.416 e. The molecule has 1 heterocycles. The van der Waals surface area contributed by atoms with Crippen LogP contribution in [0.25, 0.3) is 0 Å². The summed E-state index contributed by atoms with van der Waals surface area (Å²) < 4.78 is 38.3. The Kier molecular flexibility index (Phi) is 6.43. The predicted molar refractivity (Wildman–Crippen MR) is 97.0 cm³/mol. The van der Waals surface area contributed by atoms with E-state index in [2.05, 4.69) is 20.6 Å². The number of nitrogens with zero attached hydrogens (tertiary/aromatic N) is 3. The summed E-state index contributed by atoms with van der Waals surface area (Å²) in [5, 5.41) is 6.15. The Balaban J connectivity index is 1.93. The number of alkyl halides is 3. The van der Waals surface area contributed by atoms with Gasteiger partial charge in [0.25, 0.3) is 0 Å². The molecular formula is C18H22F3N5. The zero-order valence-electron chi connectivity index (χ0n) is 14.9. The van der Waals surface area contributed by atoms with Gasteiger partial charge in [0.15, 0.2) is 5.96 Å². The Hall–Kier alpha value is -2.77. The molecule has 140 valence electrons. The molecule has 5 nitrogen and oxygen atoms in total. The highest BCUT2D eigenvalue weighted by molar-refractivity contribution is 5.79. The van der Waals surface area contributed by atoms with Crippen molar-refractivity contribution in [1.29, 1.82) is 0 Å². The quantitative estimate of drug-likeness (QED) is 0.632. The maximum atomic E-state index is 12.8. The van der Waals surface area contributed by atoms with Gasteiger partial charge in [-0.3, -0.25) is 4.99 Å². The van der Waals surface area contributed by atoms with E-state index in [-0.39, 0.29) is 6.54 Å². The number of halogens is 3. The van der Waals surface area contributed by atoms with Crippen LogP contribution in [0.2, 0.25) is 0 Å². The number of hydrogen-bond donors (Lipinski definition) is 2. The van der Waals surface area contributed by atoms with E-state index in [0.717, 1.165) is 23.5 Å². The highest BCUT2D eigenvalue weighted by atomic mass is 19.4. The van der Waals surface area contributed by atoms with Crippen molar-refractivity contribution in [3.63, 3.8) is 0 Å². The molecule has 0 fully saturated rings. The lowest BCUT2D eigenvalue weighted by Gasteiger charge is -2.15. The molecule has 1 aromatic heterocycles. The normalized spacial score (nSPS) is 12.0. The first-order chi connectivity index (χ1) is 12.3. The molecular weight excluding hydrogens is 343 g/mol. The van der Waals surface area contributed by atoms with Crippen molar-refractivity contribution < 1.29 is 13.2 Å². The van der Waals surface area contributed by atoms with Crippen LogP contribution in [0, 0.1) is 0 Å². The first-order valence-corrected chi connectivity index (χ1v) is 8.02. The monoisotopic (exact) mass is 365 g/mol. The Morgan fingerprint density at radius 2 is 1.73 bits per heavy atom. The fourth-order valence-electron chi connectivity index (χ4n) is 2.26. The average Bonchev–Trinajstić information content (AvgIpc) is 2.61. The second kappa shape index (κ2) is 8.55. The van der Waals surface area contributed by atoms with E-state index in [1.54, 1.807) is 19.3 Å². The van der Waals surface area contributed by atoms with Gasteiger partial charge in [0.2, 0.25) is 0 Å². The molecule has 2 aromatic rings. The Morgan fingerprint density at radius 1 is 1.08 bits per heavy atom. The van der Waals surface area contributed by atoms with Gasteiger partial charge in [-0.25, -0.2) is 4.98 Å². The zero-order valence-corrected chi connectivity index (χ0v) is 14.9. The van der Waals surface area contributed by atoms with Gasteiger partial charge < -0.3 is 15.5 Å². The first kappa shape index (κ1) is 19.6. The number of aromatic nitrogens is 1. The van der Waals surface area contributed by atoms with E-state index in [9.17, 15) is 13.2 Å². The van der Waals surface area contributed by atoms with Gasteiger partial charge in [0, 0.05) is 40.4 Å². The molecule has 0 bridgehead atoms. The van der Waals surface area contributed by atoms with Gasteiger partial charge in [0.05, 0.1) is 5.56 Å². The van der Waals surface area contributed by atoms with Crippen molar-refractivity contribution in [1.82, 2.24) is 15.6 Å². The number of hydrogen-bond acceptors (Lipinski definition) is 3. The van der Waals surface area contributed by atoms with Crippen LogP contribution >= 0.6 is 0 Å². The molecule has 1 aromatic carbocycles. The molecule has 0 aliphatic heterocycles. The van der Waals surface area contributed by atoms with Gasteiger partial charge >= 0.3 is 6.18 Å². The van der Waals surface area contributed by atoms with E-state index < -0.39 is 11.7 Å². The molecule has 0 atom stereocenters. The highest BCUT2D eigenvalue weighted by Crippen LogP contribution is 2.29. The third-order valence-electron chi connectivity index (χ3n) is 3.67. The third kappa shape index (κ3) is 5.65. The van der Waals surface area contributed by atoms with Gasteiger partial charge in [0.1, 0.15) is 5.82 Å². The predicted octanol–water partition coefficient (Wildman–Crippen LogP) is 3.03. The lowest BCUT2D eigenvalue weighted by Crippen LogP contribution is -2.36. The number of nitrogens with one attached hydrogen (secondary N) is 2. The van der Waals surface area contributed by atoms with Crippen LogP contribution in [0.5, 0.6) is 0 Å². The summed E-state index contributed by atoms with van der Waals surface area (Å²) in [6.07, 6.45) is -2.62. The summed E-state index contributed by atoms with van der Waals surface area (Å²) >= 11 is 0. The molecule has 8 heteroatoms. The summed E-state index contributed by atoms with van der Waals surface area (Å²) in [5.41, 5.74) is 0.889. The molecule has 0 aliphatic carbocycles. The van der Waals surface area contributed by atoms with Crippen LogP contribution in [0.4, 0.5) is 19.0 Å². The van der Waals surface area contributed by atoms with Crippen LogP contribution in [0.3, 0.4) is 0 Å². The molecule has 26 heavy (non-hydrogen) atoms. The van der Waals surface area contributed by atoms with Crippen molar-refractivity contribution in [3.05, 3.63) is 59.3 Å². The van der Waals surface area contributed by atoms with Gasteiger partial charge in [-0.2, -0.15) is 13.2 Å². The Morgan fingerprint density at radius 3 is 2.31 bits per heavy atom. The first-order valence-electron chi connectivity index (χ1n) is 8.02. The number of rotatable bonds is 5. The topological polar surface area (TPSA) is 52.6 Å². The van der Waals surface area contributed by atoms with Gasteiger partial charge in [-0.1, -0.05) is 12.1 Å².